The van der Waals surface area contributed by atoms with Gasteiger partial charge in [0.1, 0.15) is 0 Å². The fourth-order valence-corrected chi connectivity index (χ4v) is 2.91. The smallest absolute Gasteiger partial charge is 0.234 e. The minimum absolute atomic E-state index is 0.260. The van der Waals surface area contributed by atoms with E-state index in [1.165, 1.54) is 25.7 Å². The molecule has 4 nitrogen and oxygen atoms in total. The van der Waals surface area contributed by atoms with Crippen molar-refractivity contribution in [1.82, 2.24) is 5.32 Å². The van der Waals surface area contributed by atoms with Gasteiger partial charge in [-0.25, -0.2) is 0 Å². The molecule has 0 aromatic heterocycles. The van der Waals surface area contributed by atoms with Crippen LogP contribution in [0.15, 0.2) is 0 Å². The largest absolute Gasteiger partial charge is 0.378 e. The van der Waals surface area contributed by atoms with Crippen LogP contribution < -0.4 is 11.1 Å². The zero-order valence-electron chi connectivity index (χ0n) is 12.7. The zero-order valence-corrected chi connectivity index (χ0v) is 12.7. The lowest BCUT2D eigenvalue weighted by molar-refractivity contribution is -0.121. The molecule has 1 saturated carbocycles. The van der Waals surface area contributed by atoms with Crippen LogP contribution in [0, 0.1) is 5.92 Å². The van der Waals surface area contributed by atoms with Gasteiger partial charge in [0, 0.05) is 12.6 Å². The standard InChI is InChI=1S/C15H30N2O2/c1-4-12-7-5-6-8-14(12)19-10-9-13(15(16)18)17-11(2)3/h11-14,17H,4-10H2,1-3H3,(H2,16,18). The summed E-state index contributed by atoms with van der Waals surface area (Å²) in [6.07, 6.45) is 7.28. The number of rotatable bonds is 8. The van der Waals surface area contributed by atoms with Crippen LogP contribution in [-0.4, -0.2) is 30.7 Å². The van der Waals surface area contributed by atoms with Crippen molar-refractivity contribution in [2.75, 3.05) is 6.61 Å². The third kappa shape index (κ3) is 5.91. The van der Waals surface area contributed by atoms with Gasteiger partial charge in [0.2, 0.25) is 5.91 Å². The predicted molar refractivity (Wildman–Crippen MR) is 77.9 cm³/mol. The summed E-state index contributed by atoms with van der Waals surface area (Å²) in [7, 11) is 0. The van der Waals surface area contributed by atoms with Gasteiger partial charge in [0.25, 0.3) is 0 Å². The molecule has 1 fully saturated rings. The van der Waals surface area contributed by atoms with Crippen LogP contribution in [0.25, 0.3) is 0 Å². The van der Waals surface area contributed by atoms with Crippen molar-refractivity contribution in [3.05, 3.63) is 0 Å². The van der Waals surface area contributed by atoms with E-state index < -0.39 is 0 Å². The molecule has 0 aromatic carbocycles. The minimum Gasteiger partial charge on any atom is -0.378 e. The van der Waals surface area contributed by atoms with E-state index in [2.05, 4.69) is 12.2 Å². The van der Waals surface area contributed by atoms with Gasteiger partial charge < -0.3 is 15.8 Å². The number of amides is 1. The lowest BCUT2D eigenvalue weighted by Gasteiger charge is -2.31. The third-order valence-corrected chi connectivity index (χ3v) is 3.98. The molecule has 1 aliphatic rings. The second-order valence-electron chi connectivity index (χ2n) is 5.93. The summed E-state index contributed by atoms with van der Waals surface area (Å²) in [6, 6.07) is -0.0146. The lowest BCUT2D eigenvalue weighted by atomic mass is 9.85. The summed E-state index contributed by atoms with van der Waals surface area (Å²) in [4.78, 5) is 11.3. The molecule has 0 bridgehead atoms. The molecule has 0 aromatic rings. The highest BCUT2D eigenvalue weighted by Gasteiger charge is 2.25. The average Bonchev–Trinajstić information content (AvgIpc) is 2.37. The number of hydrogen-bond donors (Lipinski definition) is 2. The van der Waals surface area contributed by atoms with Gasteiger partial charge in [-0.2, -0.15) is 0 Å². The molecular formula is C15H30N2O2. The number of nitrogens with one attached hydrogen (secondary N) is 1. The molecule has 0 spiro atoms. The van der Waals surface area contributed by atoms with Crippen LogP contribution in [0.1, 0.15) is 59.3 Å². The van der Waals surface area contributed by atoms with Crippen LogP contribution >= 0.6 is 0 Å². The first-order valence-electron chi connectivity index (χ1n) is 7.71. The van der Waals surface area contributed by atoms with Gasteiger partial charge in [0.05, 0.1) is 12.1 Å². The van der Waals surface area contributed by atoms with Crippen LogP contribution in [0.3, 0.4) is 0 Å². The van der Waals surface area contributed by atoms with Gasteiger partial charge in [-0.05, 0) is 25.2 Å². The molecule has 4 heteroatoms. The first-order valence-corrected chi connectivity index (χ1v) is 7.71. The summed E-state index contributed by atoms with van der Waals surface area (Å²) in [6.45, 7) is 6.89. The molecule has 112 valence electrons. The van der Waals surface area contributed by atoms with E-state index in [-0.39, 0.29) is 18.0 Å². The Bertz CT molecular complexity index is 269. The number of carbonyl (C=O) groups excluding carboxylic acids is 1. The second-order valence-corrected chi connectivity index (χ2v) is 5.93. The molecule has 1 aliphatic carbocycles. The Morgan fingerprint density at radius 2 is 2.05 bits per heavy atom. The van der Waals surface area contributed by atoms with Gasteiger partial charge in [-0.1, -0.05) is 40.0 Å². The monoisotopic (exact) mass is 270 g/mol. The summed E-state index contributed by atoms with van der Waals surface area (Å²) in [5.41, 5.74) is 5.40. The van der Waals surface area contributed by atoms with E-state index in [4.69, 9.17) is 10.5 Å². The molecule has 0 heterocycles. The highest BCUT2D eigenvalue weighted by molar-refractivity contribution is 5.79. The van der Waals surface area contributed by atoms with Gasteiger partial charge in [-0.3, -0.25) is 4.79 Å². The van der Waals surface area contributed by atoms with Crippen LogP contribution in [0.4, 0.5) is 0 Å². The van der Waals surface area contributed by atoms with Crippen molar-refractivity contribution in [2.45, 2.75) is 77.5 Å². The number of ether oxygens (including phenoxy) is 1. The molecule has 19 heavy (non-hydrogen) atoms. The molecule has 1 amide bonds. The summed E-state index contributed by atoms with van der Waals surface area (Å²) in [5.74, 6) is 0.409. The van der Waals surface area contributed by atoms with Crippen molar-refractivity contribution >= 4 is 5.91 Å². The van der Waals surface area contributed by atoms with E-state index in [0.29, 0.717) is 25.0 Å². The number of primary amides is 1. The summed E-state index contributed by atoms with van der Waals surface area (Å²) < 4.78 is 6.00. The number of hydrogen-bond acceptors (Lipinski definition) is 3. The maximum atomic E-state index is 11.3. The summed E-state index contributed by atoms with van der Waals surface area (Å²) >= 11 is 0. The van der Waals surface area contributed by atoms with Gasteiger partial charge in [0.15, 0.2) is 0 Å². The molecule has 1 rings (SSSR count). The Labute approximate surface area is 117 Å². The van der Waals surface area contributed by atoms with Crippen LogP contribution in [-0.2, 0) is 9.53 Å². The molecule has 0 radical (unpaired) electrons. The van der Waals surface area contributed by atoms with E-state index in [1.807, 2.05) is 13.8 Å². The van der Waals surface area contributed by atoms with E-state index >= 15 is 0 Å². The highest BCUT2D eigenvalue weighted by Crippen LogP contribution is 2.29. The highest BCUT2D eigenvalue weighted by atomic mass is 16.5. The van der Waals surface area contributed by atoms with Crippen molar-refractivity contribution in [3.8, 4) is 0 Å². The van der Waals surface area contributed by atoms with Crippen molar-refractivity contribution < 1.29 is 9.53 Å². The van der Waals surface area contributed by atoms with Crippen LogP contribution in [0.5, 0.6) is 0 Å². The predicted octanol–water partition coefficient (Wildman–Crippen LogP) is 2.21. The molecule has 3 unspecified atom stereocenters. The summed E-state index contributed by atoms with van der Waals surface area (Å²) in [5, 5.41) is 3.19. The average molecular weight is 270 g/mol. The fourth-order valence-electron chi connectivity index (χ4n) is 2.91. The Balaban J connectivity index is 2.32. The van der Waals surface area contributed by atoms with Crippen molar-refractivity contribution in [3.63, 3.8) is 0 Å². The molecule has 0 saturated heterocycles. The lowest BCUT2D eigenvalue weighted by Crippen LogP contribution is -2.45. The zero-order chi connectivity index (χ0) is 14.3. The van der Waals surface area contributed by atoms with E-state index in [9.17, 15) is 4.79 Å². The first-order chi connectivity index (χ1) is 9.04. The third-order valence-electron chi connectivity index (χ3n) is 3.98. The second kappa shape index (κ2) is 8.54. The van der Waals surface area contributed by atoms with Gasteiger partial charge in [-0.15, -0.1) is 0 Å². The molecular weight excluding hydrogens is 240 g/mol. The minimum atomic E-state index is -0.284. The van der Waals surface area contributed by atoms with Crippen molar-refractivity contribution in [1.29, 1.82) is 0 Å². The van der Waals surface area contributed by atoms with Crippen LogP contribution in [0.2, 0.25) is 0 Å². The number of carbonyl (C=O) groups is 1. The Hall–Kier alpha value is -0.610. The molecule has 0 aliphatic heterocycles. The Morgan fingerprint density at radius 3 is 2.63 bits per heavy atom. The van der Waals surface area contributed by atoms with Gasteiger partial charge >= 0.3 is 0 Å². The first kappa shape index (κ1) is 16.4. The quantitative estimate of drug-likeness (QED) is 0.711. The molecule has 3 N–H and O–H groups in total. The normalized spacial score (nSPS) is 25.5. The van der Waals surface area contributed by atoms with E-state index in [1.54, 1.807) is 0 Å². The maximum absolute atomic E-state index is 11.3. The Morgan fingerprint density at radius 1 is 1.37 bits per heavy atom. The topological polar surface area (TPSA) is 64.3 Å². The maximum Gasteiger partial charge on any atom is 0.234 e. The fraction of sp³-hybridized carbons (Fsp3) is 0.933. The van der Waals surface area contributed by atoms with Crippen molar-refractivity contribution in [2.24, 2.45) is 11.7 Å². The Kier molecular flexibility index (Phi) is 7.39. The van der Waals surface area contributed by atoms with E-state index in [0.717, 1.165) is 6.42 Å². The number of nitrogens with two attached hydrogens (primary N) is 1. The molecule has 3 atom stereocenters. The SMILES string of the molecule is CCC1CCCCC1OCCC(NC(C)C)C(N)=O.